The van der Waals surface area contributed by atoms with E-state index in [0.29, 0.717) is 11.1 Å². The number of imide groups is 2. The molecule has 0 radical (unpaired) electrons. The number of urea groups is 1. The molecule has 10 nitrogen and oxygen atoms in total. The number of ether oxygens (including phenoxy) is 1. The van der Waals surface area contributed by atoms with Crippen LogP contribution in [0.25, 0.3) is 0 Å². The molecule has 2 aromatic rings. The van der Waals surface area contributed by atoms with E-state index >= 15 is 0 Å². The number of esters is 1. The van der Waals surface area contributed by atoms with Gasteiger partial charge in [-0.05, 0) is 44.0 Å². The Hall–Kier alpha value is -3.95. The first-order valence-electron chi connectivity index (χ1n) is 10.5. The highest BCUT2D eigenvalue weighted by Gasteiger charge is 2.73. The van der Waals surface area contributed by atoms with Gasteiger partial charge in [0.05, 0.1) is 24.4 Å². The van der Waals surface area contributed by atoms with Crippen LogP contribution in [-0.2, 0) is 19.1 Å². The molecule has 3 atom stereocenters. The highest BCUT2D eigenvalue weighted by Crippen LogP contribution is 2.60. The second-order valence-corrected chi connectivity index (χ2v) is 9.23. The Morgan fingerprint density at radius 2 is 1.79 bits per heavy atom. The summed E-state index contributed by atoms with van der Waals surface area (Å²) in [6.07, 6.45) is 2.97. The SMILES string of the molecule is CC(C)(C)OC(=O)C1C(c2ccco2)C2(C(=O)NC(=O)NC2=O)C2c3ccccc3C=NN12. The summed E-state index contributed by atoms with van der Waals surface area (Å²) in [5.74, 6) is -3.22. The van der Waals surface area contributed by atoms with Crippen LogP contribution in [0.1, 0.15) is 49.6 Å². The summed E-state index contributed by atoms with van der Waals surface area (Å²) in [4.78, 5) is 52.7. The number of nitrogens with one attached hydrogen (secondary N) is 2. The Labute approximate surface area is 188 Å². The van der Waals surface area contributed by atoms with E-state index in [1.54, 1.807) is 57.3 Å². The van der Waals surface area contributed by atoms with Gasteiger partial charge in [0.1, 0.15) is 11.4 Å². The fourth-order valence-corrected chi connectivity index (χ4v) is 5.01. The summed E-state index contributed by atoms with van der Waals surface area (Å²) in [5, 5.41) is 10.4. The largest absolute Gasteiger partial charge is 0.469 e. The van der Waals surface area contributed by atoms with Crippen LogP contribution < -0.4 is 10.6 Å². The smallest absolute Gasteiger partial charge is 0.331 e. The molecule has 0 bridgehead atoms. The lowest BCUT2D eigenvalue weighted by Gasteiger charge is -2.40. The molecule has 3 unspecified atom stereocenters. The third kappa shape index (κ3) is 2.97. The van der Waals surface area contributed by atoms with Crippen LogP contribution in [0.4, 0.5) is 4.79 Å². The first kappa shape index (κ1) is 20.9. The molecule has 170 valence electrons. The maximum atomic E-state index is 13.6. The number of furan rings is 1. The van der Waals surface area contributed by atoms with Gasteiger partial charge in [0.2, 0.25) is 11.8 Å². The van der Waals surface area contributed by atoms with Crippen molar-refractivity contribution in [2.45, 2.75) is 44.4 Å². The molecular weight excluding hydrogens is 428 g/mol. The highest BCUT2D eigenvalue weighted by molar-refractivity contribution is 6.21. The Morgan fingerprint density at radius 1 is 1.09 bits per heavy atom. The zero-order chi connectivity index (χ0) is 23.5. The van der Waals surface area contributed by atoms with Crippen LogP contribution >= 0.6 is 0 Å². The van der Waals surface area contributed by atoms with Crippen molar-refractivity contribution in [1.29, 1.82) is 0 Å². The average molecular weight is 450 g/mol. The molecule has 4 amide bonds. The molecule has 1 spiro atoms. The zero-order valence-electron chi connectivity index (χ0n) is 18.2. The zero-order valence-corrected chi connectivity index (χ0v) is 18.2. The van der Waals surface area contributed by atoms with E-state index in [1.807, 2.05) is 6.07 Å². The second kappa shape index (κ2) is 7.03. The molecular formula is C23H22N4O6. The molecule has 2 saturated heterocycles. The van der Waals surface area contributed by atoms with Crippen molar-refractivity contribution in [3.63, 3.8) is 0 Å². The van der Waals surface area contributed by atoms with Crippen LogP contribution in [0, 0.1) is 5.41 Å². The predicted octanol–water partition coefficient (Wildman–Crippen LogP) is 1.83. The molecule has 4 heterocycles. The number of rotatable bonds is 2. The number of hydrogen-bond acceptors (Lipinski definition) is 8. The van der Waals surface area contributed by atoms with Gasteiger partial charge in [0.15, 0.2) is 11.5 Å². The van der Waals surface area contributed by atoms with Crippen molar-refractivity contribution in [3.05, 3.63) is 59.5 Å². The molecule has 10 heteroatoms. The first-order chi connectivity index (χ1) is 15.6. The minimum atomic E-state index is -1.93. The van der Waals surface area contributed by atoms with Crippen molar-refractivity contribution in [3.8, 4) is 0 Å². The Balaban J connectivity index is 1.79. The van der Waals surface area contributed by atoms with Crippen LogP contribution in [0.5, 0.6) is 0 Å². The molecule has 2 fully saturated rings. The number of carbonyl (C=O) groups is 4. The minimum Gasteiger partial charge on any atom is -0.469 e. The van der Waals surface area contributed by atoms with Crippen LogP contribution in [0.2, 0.25) is 0 Å². The highest BCUT2D eigenvalue weighted by atomic mass is 16.6. The van der Waals surface area contributed by atoms with Crippen molar-refractivity contribution in [2.75, 3.05) is 0 Å². The topological polar surface area (TPSA) is 130 Å². The third-order valence-electron chi connectivity index (χ3n) is 6.11. The number of fused-ring (bicyclic) bond motifs is 4. The van der Waals surface area contributed by atoms with Gasteiger partial charge >= 0.3 is 12.0 Å². The standard InChI is InChI=1S/C23H22N4O6/c1-22(2,3)33-18(28)16-15(14-9-6-10-32-14)23(19(29)25-21(31)26-20(23)30)17-13-8-5-4-7-12(13)11-24-27(16)17/h4-11,15-17H,1-3H3,(H2,25,26,29,30,31). The van der Waals surface area contributed by atoms with E-state index in [2.05, 4.69) is 15.7 Å². The summed E-state index contributed by atoms with van der Waals surface area (Å²) in [7, 11) is 0. The number of carbonyl (C=O) groups excluding carboxylic acids is 4. The molecule has 3 aliphatic heterocycles. The summed E-state index contributed by atoms with van der Waals surface area (Å²) in [6, 6.07) is 7.27. The van der Waals surface area contributed by atoms with E-state index < -0.39 is 52.8 Å². The lowest BCUT2D eigenvalue weighted by Crippen LogP contribution is -2.65. The average Bonchev–Trinajstić information content (AvgIpc) is 3.35. The van der Waals surface area contributed by atoms with Gasteiger partial charge in [0, 0.05) is 0 Å². The number of barbiturate groups is 1. The molecule has 33 heavy (non-hydrogen) atoms. The quantitative estimate of drug-likeness (QED) is 0.527. The van der Waals surface area contributed by atoms with Crippen molar-refractivity contribution >= 4 is 30.0 Å². The van der Waals surface area contributed by atoms with Crippen LogP contribution in [-0.4, -0.2) is 46.7 Å². The minimum absolute atomic E-state index is 0.229. The van der Waals surface area contributed by atoms with E-state index in [9.17, 15) is 19.2 Å². The monoisotopic (exact) mass is 450 g/mol. The summed E-state index contributed by atoms with van der Waals surface area (Å²) >= 11 is 0. The lowest BCUT2D eigenvalue weighted by atomic mass is 9.65. The van der Waals surface area contributed by atoms with Gasteiger partial charge in [-0.3, -0.25) is 25.2 Å². The Kier molecular flexibility index (Phi) is 4.45. The molecule has 1 aromatic heterocycles. The van der Waals surface area contributed by atoms with E-state index in [1.165, 1.54) is 11.3 Å². The summed E-state index contributed by atoms with van der Waals surface area (Å²) < 4.78 is 11.3. The summed E-state index contributed by atoms with van der Waals surface area (Å²) in [5.41, 5.74) is -1.45. The molecule has 3 aliphatic rings. The number of hydrazone groups is 1. The van der Waals surface area contributed by atoms with E-state index in [-0.39, 0.29) is 5.76 Å². The second-order valence-electron chi connectivity index (χ2n) is 9.23. The Morgan fingerprint density at radius 3 is 2.42 bits per heavy atom. The maximum Gasteiger partial charge on any atom is 0.331 e. The van der Waals surface area contributed by atoms with Gasteiger partial charge in [-0.15, -0.1) is 0 Å². The van der Waals surface area contributed by atoms with Gasteiger partial charge in [-0.2, -0.15) is 5.10 Å². The van der Waals surface area contributed by atoms with E-state index in [0.717, 1.165) is 0 Å². The maximum absolute atomic E-state index is 13.6. The van der Waals surface area contributed by atoms with Crippen LogP contribution in [0.3, 0.4) is 0 Å². The van der Waals surface area contributed by atoms with Gasteiger partial charge < -0.3 is 9.15 Å². The summed E-state index contributed by atoms with van der Waals surface area (Å²) in [6.45, 7) is 5.17. The number of benzene rings is 1. The molecule has 2 N–H and O–H groups in total. The Bertz CT molecular complexity index is 1180. The molecule has 0 saturated carbocycles. The first-order valence-corrected chi connectivity index (χ1v) is 10.5. The third-order valence-corrected chi connectivity index (χ3v) is 6.11. The van der Waals surface area contributed by atoms with Crippen molar-refractivity contribution in [1.82, 2.24) is 15.6 Å². The fourth-order valence-electron chi connectivity index (χ4n) is 5.01. The van der Waals surface area contributed by atoms with E-state index in [4.69, 9.17) is 9.15 Å². The van der Waals surface area contributed by atoms with Crippen molar-refractivity contribution < 1.29 is 28.3 Å². The predicted molar refractivity (Wildman–Crippen MR) is 114 cm³/mol. The van der Waals surface area contributed by atoms with Gasteiger partial charge in [-0.25, -0.2) is 9.59 Å². The van der Waals surface area contributed by atoms with Gasteiger partial charge in [0.25, 0.3) is 0 Å². The van der Waals surface area contributed by atoms with Crippen molar-refractivity contribution in [2.24, 2.45) is 10.5 Å². The molecule has 1 aromatic carbocycles. The normalized spacial score (nSPS) is 25.4. The number of nitrogens with zero attached hydrogens (tertiary/aromatic N) is 2. The number of amides is 4. The number of hydrogen-bond donors (Lipinski definition) is 2. The van der Waals surface area contributed by atoms with Gasteiger partial charge in [-0.1, -0.05) is 24.3 Å². The molecule has 0 aliphatic carbocycles. The molecule has 5 rings (SSSR count). The fraction of sp³-hybridized carbons (Fsp3) is 0.348. The lowest BCUT2D eigenvalue weighted by molar-refractivity contribution is -0.161. The van der Waals surface area contributed by atoms with Crippen LogP contribution in [0.15, 0.2) is 52.2 Å².